The average Bonchev–Trinajstić information content (AvgIpc) is 3.35. The van der Waals surface area contributed by atoms with Crippen molar-refractivity contribution in [2.45, 2.75) is 32.4 Å². The monoisotopic (exact) mass is 446 g/mol. The number of likely N-dealkylation sites (tertiary alicyclic amines) is 2. The molecule has 7 heteroatoms. The number of hydrogen-bond acceptors (Lipinski definition) is 4. The van der Waals surface area contributed by atoms with Crippen molar-refractivity contribution >= 4 is 18.0 Å². The summed E-state index contributed by atoms with van der Waals surface area (Å²) in [5, 5.41) is 6.89. The van der Waals surface area contributed by atoms with Gasteiger partial charge >= 0.3 is 0 Å². The second kappa shape index (κ2) is 8.98. The summed E-state index contributed by atoms with van der Waals surface area (Å²) in [6, 6.07) is 15.0. The summed E-state index contributed by atoms with van der Waals surface area (Å²) < 4.78 is 2.19. The minimum absolute atomic E-state index is 0.219. The molecule has 2 aliphatic heterocycles. The van der Waals surface area contributed by atoms with Crippen LogP contribution < -0.4 is 0 Å². The van der Waals surface area contributed by atoms with E-state index in [4.69, 9.17) is 9.90 Å². The van der Waals surface area contributed by atoms with Gasteiger partial charge in [-0.2, -0.15) is 0 Å². The molecule has 0 bridgehead atoms. The molecule has 1 amide bonds. The molecular formula is C26H30N4O3. The number of hydrogen-bond donors (Lipinski definition) is 1. The van der Waals surface area contributed by atoms with Gasteiger partial charge in [0.15, 0.2) is 0 Å². The fraction of sp³-hybridized carbons (Fsp3) is 0.423. The number of aromatic nitrogens is 2. The Hall–Kier alpha value is -3.19. The molecule has 3 aromatic rings. The maximum Gasteiger partial charge on any atom is 0.290 e. The second-order valence-electron chi connectivity index (χ2n) is 9.47. The fourth-order valence-electron chi connectivity index (χ4n) is 5.71. The molecule has 1 aliphatic carbocycles. The third-order valence-corrected chi connectivity index (χ3v) is 7.34. The zero-order chi connectivity index (χ0) is 22.9. The van der Waals surface area contributed by atoms with Gasteiger partial charge in [0.25, 0.3) is 6.47 Å². The summed E-state index contributed by atoms with van der Waals surface area (Å²) in [6.07, 6.45) is 6.25. The van der Waals surface area contributed by atoms with Crippen molar-refractivity contribution < 1.29 is 14.7 Å². The van der Waals surface area contributed by atoms with Gasteiger partial charge in [0.1, 0.15) is 5.65 Å². The maximum atomic E-state index is 13.1. The maximum absolute atomic E-state index is 13.1. The predicted molar refractivity (Wildman–Crippen MR) is 124 cm³/mol. The molecule has 3 atom stereocenters. The van der Waals surface area contributed by atoms with Crippen molar-refractivity contribution in [1.82, 2.24) is 19.2 Å². The van der Waals surface area contributed by atoms with Crippen LogP contribution in [0.3, 0.4) is 0 Å². The summed E-state index contributed by atoms with van der Waals surface area (Å²) >= 11 is 0. The molecule has 3 aliphatic rings. The second-order valence-corrected chi connectivity index (χ2v) is 9.47. The van der Waals surface area contributed by atoms with Gasteiger partial charge in [0, 0.05) is 44.2 Å². The van der Waals surface area contributed by atoms with E-state index in [1.54, 1.807) is 0 Å². The Balaban J connectivity index is 0.000000724. The Labute approximate surface area is 193 Å². The Morgan fingerprint density at radius 1 is 1.12 bits per heavy atom. The molecule has 1 N–H and O–H groups in total. The molecule has 3 fully saturated rings. The molecule has 0 radical (unpaired) electrons. The van der Waals surface area contributed by atoms with E-state index in [1.807, 2.05) is 12.3 Å². The van der Waals surface area contributed by atoms with E-state index in [9.17, 15) is 4.79 Å². The van der Waals surface area contributed by atoms with Crippen LogP contribution in [0.15, 0.2) is 54.9 Å². The van der Waals surface area contributed by atoms with Gasteiger partial charge in [-0.05, 0) is 48.9 Å². The molecule has 2 aromatic heterocycles. The lowest BCUT2D eigenvalue weighted by atomic mass is 9.87. The largest absolute Gasteiger partial charge is 0.483 e. The van der Waals surface area contributed by atoms with E-state index in [-0.39, 0.29) is 18.4 Å². The first-order valence-corrected chi connectivity index (χ1v) is 11.7. The van der Waals surface area contributed by atoms with E-state index >= 15 is 0 Å². The van der Waals surface area contributed by atoms with Crippen molar-refractivity contribution in [2.75, 3.05) is 19.6 Å². The molecule has 6 rings (SSSR count). The van der Waals surface area contributed by atoms with Gasteiger partial charge < -0.3 is 14.4 Å². The number of benzene rings is 1. The normalized spacial score (nSPS) is 24.4. The lowest BCUT2D eigenvalue weighted by Crippen LogP contribution is -2.36. The molecule has 1 aromatic carbocycles. The van der Waals surface area contributed by atoms with Crippen LogP contribution in [0.2, 0.25) is 0 Å². The van der Waals surface area contributed by atoms with E-state index in [2.05, 4.69) is 68.7 Å². The number of carboxylic acid groups (broad SMARTS) is 1. The number of amides is 1. The van der Waals surface area contributed by atoms with Crippen LogP contribution >= 0.6 is 0 Å². The highest BCUT2D eigenvalue weighted by Gasteiger charge is 2.51. The van der Waals surface area contributed by atoms with E-state index in [0.717, 1.165) is 44.7 Å². The molecule has 33 heavy (non-hydrogen) atoms. The highest BCUT2D eigenvalue weighted by atomic mass is 16.3. The number of aryl methyl sites for hydroxylation is 1. The van der Waals surface area contributed by atoms with Crippen molar-refractivity contribution in [3.8, 4) is 0 Å². The highest BCUT2D eigenvalue weighted by Crippen LogP contribution is 2.48. The molecule has 0 spiro atoms. The van der Waals surface area contributed by atoms with Crippen LogP contribution in [0.5, 0.6) is 0 Å². The number of carbonyl (C=O) groups is 2. The Morgan fingerprint density at radius 2 is 1.88 bits per heavy atom. The zero-order valence-electron chi connectivity index (χ0n) is 18.9. The highest BCUT2D eigenvalue weighted by molar-refractivity contribution is 5.82. The van der Waals surface area contributed by atoms with Gasteiger partial charge in [-0.15, -0.1) is 0 Å². The van der Waals surface area contributed by atoms with Crippen LogP contribution in [0.25, 0.3) is 5.65 Å². The Bertz CT molecular complexity index is 1160. The Morgan fingerprint density at radius 3 is 2.64 bits per heavy atom. The number of pyridine rings is 1. The molecule has 0 unspecified atom stereocenters. The minimum atomic E-state index is -0.250. The van der Waals surface area contributed by atoms with E-state index in [1.165, 1.54) is 16.8 Å². The summed E-state index contributed by atoms with van der Waals surface area (Å²) in [5.74, 6) is 1.74. The van der Waals surface area contributed by atoms with Gasteiger partial charge in [0.2, 0.25) is 5.91 Å². The van der Waals surface area contributed by atoms with Crippen LogP contribution in [0.1, 0.15) is 35.7 Å². The molecule has 1 saturated carbocycles. The number of fused-ring (bicyclic) bond motifs is 2. The van der Waals surface area contributed by atoms with Crippen LogP contribution in [0, 0.1) is 24.7 Å². The first-order valence-electron chi connectivity index (χ1n) is 11.7. The molecule has 7 nitrogen and oxygen atoms in total. The summed E-state index contributed by atoms with van der Waals surface area (Å²) in [5.41, 5.74) is 4.89. The van der Waals surface area contributed by atoms with Crippen LogP contribution in [0.4, 0.5) is 0 Å². The van der Waals surface area contributed by atoms with E-state index in [0.29, 0.717) is 17.7 Å². The number of imidazole rings is 1. The van der Waals surface area contributed by atoms with Crippen molar-refractivity contribution in [1.29, 1.82) is 0 Å². The molecule has 2 saturated heterocycles. The lowest BCUT2D eigenvalue weighted by molar-refractivity contribution is -0.134. The minimum Gasteiger partial charge on any atom is -0.483 e. The SMILES string of the molecule is Cc1ccccc1[C@@H]1[C@H]2CN(Cc3cnc4ccccn34)C[C@H]2CN1C(=O)C1CC1.O=CO. The quantitative estimate of drug-likeness (QED) is 0.622. The summed E-state index contributed by atoms with van der Waals surface area (Å²) in [6.45, 7) is 5.85. The lowest BCUT2D eigenvalue weighted by Gasteiger charge is -2.31. The number of carbonyl (C=O) groups excluding carboxylic acids is 1. The number of rotatable bonds is 4. The first-order chi connectivity index (χ1) is 16.1. The predicted octanol–water partition coefficient (Wildman–Crippen LogP) is 3.39. The smallest absolute Gasteiger partial charge is 0.290 e. The summed E-state index contributed by atoms with van der Waals surface area (Å²) in [7, 11) is 0. The number of nitrogens with zero attached hydrogens (tertiary/aromatic N) is 4. The standard InChI is InChI=1S/C25H28N4O.CH2O2/c1-17-6-2-3-7-21(17)24-22-16-27(13-19(22)14-29(24)25(30)18-9-10-18)15-20-12-26-23-8-4-5-11-28(20)23;2-1-3/h2-8,11-12,18-19,22,24H,9-10,13-16H2,1H3;1H,(H,2,3)/t19-,22-,24+;/m0./s1. The topological polar surface area (TPSA) is 78.2 Å². The van der Waals surface area contributed by atoms with Crippen molar-refractivity contribution in [3.05, 3.63) is 71.7 Å². The van der Waals surface area contributed by atoms with E-state index < -0.39 is 0 Å². The fourth-order valence-corrected chi connectivity index (χ4v) is 5.71. The van der Waals surface area contributed by atoms with Gasteiger partial charge in [0.05, 0.1) is 17.9 Å². The zero-order valence-corrected chi connectivity index (χ0v) is 18.9. The molecular weight excluding hydrogens is 416 g/mol. The summed E-state index contributed by atoms with van der Waals surface area (Å²) in [4.78, 5) is 30.8. The molecule has 4 heterocycles. The van der Waals surface area contributed by atoms with Crippen LogP contribution in [-0.4, -0.2) is 56.3 Å². The average molecular weight is 447 g/mol. The first kappa shape index (κ1) is 21.6. The van der Waals surface area contributed by atoms with Crippen LogP contribution in [-0.2, 0) is 16.1 Å². The third-order valence-electron chi connectivity index (χ3n) is 7.34. The third kappa shape index (κ3) is 4.13. The molecule has 172 valence electrons. The van der Waals surface area contributed by atoms with Crippen molar-refractivity contribution in [3.63, 3.8) is 0 Å². The Kier molecular flexibility index (Phi) is 5.89. The van der Waals surface area contributed by atoms with Crippen molar-refractivity contribution in [2.24, 2.45) is 17.8 Å². The van der Waals surface area contributed by atoms with Gasteiger partial charge in [-0.3, -0.25) is 14.5 Å². The van der Waals surface area contributed by atoms with Gasteiger partial charge in [-0.25, -0.2) is 4.98 Å². The van der Waals surface area contributed by atoms with Gasteiger partial charge in [-0.1, -0.05) is 30.3 Å².